The third kappa shape index (κ3) is 4.23. The number of carbonyl (C=O) groups is 1. The van der Waals surface area contributed by atoms with Gasteiger partial charge in [-0.1, -0.05) is 6.07 Å². The van der Waals surface area contributed by atoms with Crippen molar-refractivity contribution >= 4 is 27.3 Å². The minimum absolute atomic E-state index is 0.352. The van der Waals surface area contributed by atoms with E-state index in [2.05, 4.69) is 10.3 Å². The Hall–Kier alpha value is -2.61. The Balaban J connectivity index is 2.32. The predicted octanol–water partition coefficient (Wildman–Crippen LogP) is 1.88. The van der Waals surface area contributed by atoms with E-state index in [0.717, 1.165) is 10.6 Å². The summed E-state index contributed by atoms with van der Waals surface area (Å²) < 4.78 is 30.6. The second-order valence-electron chi connectivity index (χ2n) is 5.17. The normalized spacial score (nSPS) is 12.3. The van der Waals surface area contributed by atoms with E-state index in [9.17, 15) is 13.2 Å². The first-order chi connectivity index (χ1) is 11.3. The number of pyridine rings is 1. The summed E-state index contributed by atoms with van der Waals surface area (Å²) in [6.07, 6.45) is 4.12. The molecule has 8 heteroatoms. The Morgan fingerprint density at radius 2 is 2.04 bits per heavy atom. The first-order valence-electron chi connectivity index (χ1n) is 7.17. The number of nitrogens with one attached hydrogen (secondary N) is 1. The third-order valence-corrected chi connectivity index (χ3v) is 4.57. The maximum absolute atomic E-state index is 12.5. The number of benzene rings is 1. The van der Waals surface area contributed by atoms with E-state index < -0.39 is 22.0 Å². The highest BCUT2D eigenvalue weighted by Gasteiger charge is 2.29. The van der Waals surface area contributed by atoms with Crippen molar-refractivity contribution in [2.75, 3.05) is 23.0 Å². The summed E-state index contributed by atoms with van der Waals surface area (Å²) in [5, 5.41) is 2.65. The summed E-state index contributed by atoms with van der Waals surface area (Å²) in [6, 6.07) is 8.94. The second-order valence-corrected chi connectivity index (χ2v) is 7.03. The van der Waals surface area contributed by atoms with Gasteiger partial charge >= 0.3 is 0 Å². The summed E-state index contributed by atoms with van der Waals surface area (Å²) in [4.78, 5) is 16.4. The molecule has 2 aromatic rings. The first-order valence-corrected chi connectivity index (χ1v) is 9.02. The molecule has 0 spiro atoms. The zero-order valence-corrected chi connectivity index (χ0v) is 14.4. The van der Waals surface area contributed by atoms with Crippen molar-refractivity contribution in [3.8, 4) is 5.75 Å². The zero-order chi connectivity index (χ0) is 17.7. The Labute approximate surface area is 141 Å². The number of aromatic nitrogens is 1. The van der Waals surface area contributed by atoms with Gasteiger partial charge < -0.3 is 10.1 Å². The number of nitrogens with zero attached hydrogens (tertiary/aromatic N) is 2. The summed E-state index contributed by atoms with van der Waals surface area (Å²) in [6.45, 7) is 1.52. The molecule has 1 atom stereocenters. The van der Waals surface area contributed by atoms with E-state index in [1.165, 1.54) is 20.2 Å². The van der Waals surface area contributed by atoms with Crippen LogP contribution in [0.2, 0.25) is 0 Å². The smallest absolute Gasteiger partial charge is 0.248 e. The van der Waals surface area contributed by atoms with Crippen LogP contribution in [-0.4, -0.2) is 38.7 Å². The Kier molecular flexibility index (Phi) is 5.40. The number of rotatable bonds is 6. The van der Waals surface area contributed by atoms with Crippen LogP contribution in [0.4, 0.5) is 11.4 Å². The Bertz CT molecular complexity index is 809. The molecule has 1 aromatic heterocycles. The number of carbonyl (C=O) groups excluding carboxylic acids is 1. The number of ether oxygens (including phenoxy) is 1. The summed E-state index contributed by atoms with van der Waals surface area (Å²) in [5.74, 6) is 0.0391. The molecule has 0 radical (unpaired) electrons. The summed E-state index contributed by atoms with van der Waals surface area (Å²) >= 11 is 0. The molecular formula is C16H19N3O4S. The van der Waals surface area contributed by atoms with Crippen LogP contribution in [-0.2, 0) is 14.8 Å². The molecule has 128 valence electrons. The fourth-order valence-electron chi connectivity index (χ4n) is 2.24. The van der Waals surface area contributed by atoms with Crippen molar-refractivity contribution in [2.45, 2.75) is 13.0 Å². The van der Waals surface area contributed by atoms with E-state index in [1.807, 2.05) is 0 Å². The fraction of sp³-hybridized carbons (Fsp3) is 0.250. The molecule has 0 saturated carbocycles. The average Bonchev–Trinajstić information content (AvgIpc) is 2.54. The van der Waals surface area contributed by atoms with Crippen LogP contribution in [0.15, 0.2) is 48.8 Å². The maximum Gasteiger partial charge on any atom is 0.248 e. The van der Waals surface area contributed by atoms with Crippen molar-refractivity contribution in [3.05, 3.63) is 48.8 Å². The van der Waals surface area contributed by atoms with Gasteiger partial charge in [0.15, 0.2) is 0 Å². The molecule has 1 N–H and O–H groups in total. The maximum atomic E-state index is 12.5. The molecule has 0 aliphatic carbocycles. The molecule has 0 bridgehead atoms. The van der Waals surface area contributed by atoms with Gasteiger partial charge in [0.1, 0.15) is 11.8 Å². The highest BCUT2D eigenvalue weighted by Crippen LogP contribution is 2.25. The van der Waals surface area contributed by atoms with Gasteiger partial charge in [0, 0.05) is 12.3 Å². The van der Waals surface area contributed by atoms with Crippen LogP contribution in [0.5, 0.6) is 5.75 Å². The zero-order valence-electron chi connectivity index (χ0n) is 13.6. The van der Waals surface area contributed by atoms with Gasteiger partial charge in [-0.3, -0.25) is 14.1 Å². The van der Waals surface area contributed by atoms with Crippen molar-refractivity contribution < 1.29 is 17.9 Å². The van der Waals surface area contributed by atoms with Gasteiger partial charge in [0.05, 0.1) is 30.9 Å². The van der Waals surface area contributed by atoms with Crippen LogP contribution in [0, 0.1) is 0 Å². The minimum Gasteiger partial charge on any atom is -0.497 e. The molecule has 0 unspecified atom stereocenters. The summed E-state index contributed by atoms with van der Waals surface area (Å²) in [5.41, 5.74) is 0.846. The predicted molar refractivity (Wildman–Crippen MR) is 92.6 cm³/mol. The van der Waals surface area contributed by atoms with Crippen LogP contribution in [0.1, 0.15) is 6.92 Å². The van der Waals surface area contributed by atoms with Crippen LogP contribution < -0.4 is 14.4 Å². The lowest BCUT2D eigenvalue weighted by Gasteiger charge is -2.28. The lowest BCUT2D eigenvalue weighted by molar-refractivity contribution is -0.116. The topological polar surface area (TPSA) is 88.6 Å². The number of anilines is 2. The average molecular weight is 349 g/mol. The van der Waals surface area contributed by atoms with Crippen molar-refractivity contribution in [3.63, 3.8) is 0 Å². The summed E-state index contributed by atoms with van der Waals surface area (Å²) in [7, 11) is -2.19. The van der Waals surface area contributed by atoms with E-state index in [-0.39, 0.29) is 0 Å². The lowest BCUT2D eigenvalue weighted by Crippen LogP contribution is -2.45. The highest BCUT2D eigenvalue weighted by atomic mass is 32.2. The Morgan fingerprint density at radius 3 is 2.62 bits per heavy atom. The van der Waals surface area contributed by atoms with Gasteiger partial charge in [-0.2, -0.15) is 0 Å². The number of sulfonamides is 1. The SMILES string of the molecule is COc1cccc(N([C@H](C)C(=O)Nc2cccnc2)S(C)(=O)=O)c1. The number of hydrogen-bond donors (Lipinski definition) is 1. The molecule has 1 heterocycles. The van der Waals surface area contributed by atoms with Crippen molar-refractivity contribution in [1.82, 2.24) is 4.98 Å². The number of amides is 1. The van der Waals surface area contributed by atoms with Gasteiger partial charge in [-0.25, -0.2) is 8.42 Å². The van der Waals surface area contributed by atoms with Gasteiger partial charge in [-0.15, -0.1) is 0 Å². The van der Waals surface area contributed by atoms with E-state index in [1.54, 1.807) is 42.6 Å². The van der Waals surface area contributed by atoms with Crippen molar-refractivity contribution in [2.24, 2.45) is 0 Å². The fourth-order valence-corrected chi connectivity index (χ4v) is 3.41. The molecule has 0 saturated heterocycles. The van der Waals surface area contributed by atoms with Crippen LogP contribution >= 0.6 is 0 Å². The lowest BCUT2D eigenvalue weighted by atomic mass is 10.2. The van der Waals surface area contributed by atoms with Gasteiger partial charge in [0.2, 0.25) is 15.9 Å². The Morgan fingerprint density at radius 1 is 1.29 bits per heavy atom. The van der Waals surface area contributed by atoms with Crippen LogP contribution in [0.25, 0.3) is 0 Å². The molecule has 2 rings (SSSR count). The molecule has 1 aromatic carbocycles. The molecule has 0 aliphatic rings. The third-order valence-electron chi connectivity index (χ3n) is 3.33. The minimum atomic E-state index is -3.68. The van der Waals surface area contributed by atoms with Gasteiger partial charge in [0.25, 0.3) is 0 Å². The molecule has 1 amide bonds. The molecular weight excluding hydrogens is 330 g/mol. The molecule has 0 fully saturated rings. The molecule has 0 aliphatic heterocycles. The molecule has 7 nitrogen and oxygen atoms in total. The standard InChI is InChI=1S/C16H19N3O4S/c1-12(16(20)18-13-6-5-9-17-11-13)19(24(3,21)22)14-7-4-8-15(10-14)23-2/h4-12H,1-3H3,(H,18,20)/t12-/m1/s1. The molecule has 24 heavy (non-hydrogen) atoms. The number of hydrogen-bond acceptors (Lipinski definition) is 5. The second kappa shape index (κ2) is 7.31. The van der Waals surface area contributed by atoms with E-state index in [4.69, 9.17) is 4.74 Å². The van der Waals surface area contributed by atoms with E-state index >= 15 is 0 Å². The van der Waals surface area contributed by atoms with Gasteiger partial charge in [-0.05, 0) is 31.2 Å². The van der Waals surface area contributed by atoms with Crippen LogP contribution in [0.3, 0.4) is 0 Å². The quantitative estimate of drug-likeness (QED) is 0.860. The first kappa shape index (κ1) is 17.7. The van der Waals surface area contributed by atoms with E-state index in [0.29, 0.717) is 17.1 Å². The largest absolute Gasteiger partial charge is 0.497 e. The van der Waals surface area contributed by atoms with Crippen molar-refractivity contribution in [1.29, 1.82) is 0 Å². The highest BCUT2D eigenvalue weighted by molar-refractivity contribution is 7.92. The monoisotopic (exact) mass is 349 g/mol. The number of methoxy groups -OCH3 is 1.